The molecule has 3 rings (SSSR count). The average Bonchev–Trinajstić information content (AvgIpc) is 3.00. The third-order valence-corrected chi connectivity index (χ3v) is 5.22. The Morgan fingerprint density at radius 1 is 1.39 bits per heavy atom. The molecule has 0 bridgehead atoms. The van der Waals surface area contributed by atoms with Crippen LogP contribution in [0.5, 0.6) is 0 Å². The molecule has 1 atom stereocenters. The van der Waals surface area contributed by atoms with E-state index in [4.69, 9.17) is 0 Å². The predicted molar refractivity (Wildman–Crippen MR) is 88.0 cm³/mol. The van der Waals surface area contributed by atoms with E-state index in [0.717, 1.165) is 44.3 Å². The maximum atomic E-state index is 12.9. The number of carbonyl (C=O) groups excluding carboxylic acids is 1. The Morgan fingerprint density at radius 2 is 2.17 bits per heavy atom. The Bertz CT molecular complexity index is 671. The average molecular weight is 333 g/mol. The van der Waals surface area contributed by atoms with Gasteiger partial charge in [-0.15, -0.1) is 5.10 Å². The van der Waals surface area contributed by atoms with Crippen molar-refractivity contribution in [2.75, 3.05) is 13.1 Å². The quantitative estimate of drug-likeness (QED) is 0.861. The summed E-state index contributed by atoms with van der Waals surface area (Å²) >= 11 is 1.18. The third-order valence-electron chi connectivity index (χ3n) is 4.41. The van der Waals surface area contributed by atoms with Crippen LogP contribution in [0.1, 0.15) is 40.2 Å². The minimum atomic E-state index is -0.197. The second-order valence-corrected chi connectivity index (χ2v) is 6.87. The maximum Gasteiger partial charge on any atom is 0.267 e. The number of nitrogens with zero attached hydrogens (tertiary/aromatic N) is 3. The number of carbonyl (C=O) groups is 1. The van der Waals surface area contributed by atoms with Gasteiger partial charge in [-0.25, -0.2) is 4.39 Å². The lowest BCUT2D eigenvalue weighted by molar-refractivity contribution is 0.0672. The highest BCUT2D eigenvalue weighted by molar-refractivity contribution is 7.07. The van der Waals surface area contributed by atoms with Crippen LogP contribution in [0.2, 0.25) is 0 Å². The van der Waals surface area contributed by atoms with Crippen molar-refractivity contribution in [3.8, 4) is 0 Å². The van der Waals surface area contributed by atoms with Gasteiger partial charge in [0.15, 0.2) is 0 Å². The summed E-state index contributed by atoms with van der Waals surface area (Å²) in [6, 6.07) is 6.69. The first kappa shape index (κ1) is 16.1. The van der Waals surface area contributed by atoms with E-state index in [2.05, 4.69) is 9.59 Å². The summed E-state index contributed by atoms with van der Waals surface area (Å²) in [6.07, 6.45) is 4.12. The highest BCUT2D eigenvalue weighted by atomic mass is 32.1. The smallest absolute Gasteiger partial charge is 0.267 e. The molecule has 4 nitrogen and oxygen atoms in total. The van der Waals surface area contributed by atoms with Crippen molar-refractivity contribution in [1.29, 1.82) is 0 Å². The molecule has 2 aromatic rings. The van der Waals surface area contributed by atoms with Crippen LogP contribution in [-0.2, 0) is 6.42 Å². The second-order valence-electron chi connectivity index (χ2n) is 6.11. The second kappa shape index (κ2) is 7.17. The van der Waals surface area contributed by atoms with E-state index in [1.165, 1.54) is 23.7 Å². The van der Waals surface area contributed by atoms with Crippen molar-refractivity contribution in [3.63, 3.8) is 0 Å². The van der Waals surface area contributed by atoms with Gasteiger partial charge in [0, 0.05) is 13.1 Å². The normalized spacial score (nSPS) is 18.2. The minimum absolute atomic E-state index is 0.0592. The first-order chi connectivity index (χ1) is 11.1. The molecule has 1 saturated heterocycles. The fourth-order valence-corrected chi connectivity index (χ4v) is 3.70. The standard InChI is InChI=1S/C17H20FN3OS/c1-12-16(23-20-19-12)17(22)21-10-2-3-14(11-21)5-4-13-6-8-15(18)9-7-13/h6-9,14H,2-5,10-11H2,1H3/t14-/m1/s1. The Balaban J connectivity index is 1.57. The number of hydrogen-bond acceptors (Lipinski definition) is 4. The maximum absolute atomic E-state index is 12.9. The van der Waals surface area contributed by atoms with E-state index in [0.29, 0.717) is 16.5 Å². The molecule has 2 heterocycles. The van der Waals surface area contributed by atoms with Gasteiger partial charge in [0.05, 0.1) is 5.69 Å². The fourth-order valence-electron chi connectivity index (χ4n) is 3.08. The molecule has 23 heavy (non-hydrogen) atoms. The van der Waals surface area contributed by atoms with Crippen molar-refractivity contribution < 1.29 is 9.18 Å². The number of aromatic nitrogens is 2. The number of rotatable bonds is 4. The van der Waals surface area contributed by atoms with Gasteiger partial charge in [0.1, 0.15) is 10.7 Å². The van der Waals surface area contributed by atoms with Crippen LogP contribution in [0.15, 0.2) is 24.3 Å². The number of piperidine rings is 1. The first-order valence-electron chi connectivity index (χ1n) is 7.96. The Kier molecular flexibility index (Phi) is 5.00. The molecule has 1 aromatic heterocycles. The Labute approximate surface area is 139 Å². The van der Waals surface area contributed by atoms with Crippen molar-refractivity contribution in [3.05, 3.63) is 46.2 Å². The lowest BCUT2D eigenvalue weighted by Gasteiger charge is -2.32. The van der Waals surface area contributed by atoms with Gasteiger partial charge < -0.3 is 4.90 Å². The zero-order valence-corrected chi connectivity index (χ0v) is 14.0. The molecule has 0 saturated carbocycles. The Morgan fingerprint density at radius 3 is 2.87 bits per heavy atom. The number of benzene rings is 1. The molecular formula is C17H20FN3OS. The zero-order chi connectivity index (χ0) is 16.2. The number of hydrogen-bond donors (Lipinski definition) is 0. The van der Waals surface area contributed by atoms with E-state index >= 15 is 0 Å². The lowest BCUT2D eigenvalue weighted by Crippen LogP contribution is -2.40. The van der Waals surface area contributed by atoms with Crippen molar-refractivity contribution in [2.45, 2.75) is 32.6 Å². The van der Waals surface area contributed by atoms with Gasteiger partial charge in [-0.1, -0.05) is 16.6 Å². The number of halogens is 1. The van der Waals surface area contributed by atoms with Gasteiger partial charge in [-0.2, -0.15) is 0 Å². The van der Waals surface area contributed by atoms with Crippen LogP contribution < -0.4 is 0 Å². The van der Waals surface area contributed by atoms with E-state index in [1.54, 1.807) is 0 Å². The molecule has 0 unspecified atom stereocenters. The van der Waals surface area contributed by atoms with Gasteiger partial charge in [0.2, 0.25) is 0 Å². The molecule has 0 radical (unpaired) electrons. The summed E-state index contributed by atoms with van der Waals surface area (Å²) in [5, 5.41) is 3.93. The molecule has 0 aliphatic carbocycles. The van der Waals surface area contributed by atoms with Crippen LogP contribution in [0, 0.1) is 18.7 Å². The van der Waals surface area contributed by atoms with Crippen molar-refractivity contribution in [2.24, 2.45) is 5.92 Å². The molecule has 0 N–H and O–H groups in total. The van der Waals surface area contributed by atoms with Crippen molar-refractivity contribution in [1.82, 2.24) is 14.5 Å². The molecule has 122 valence electrons. The molecule has 1 aliphatic rings. The minimum Gasteiger partial charge on any atom is -0.338 e. The highest BCUT2D eigenvalue weighted by Gasteiger charge is 2.26. The summed E-state index contributed by atoms with van der Waals surface area (Å²) in [5.74, 6) is 0.361. The molecular weight excluding hydrogens is 313 g/mol. The monoisotopic (exact) mass is 333 g/mol. The van der Waals surface area contributed by atoms with E-state index in [1.807, 2.05) is 24.0 Å². The van der Waals surface area contributed by atoms with E-state index in [-0.39, 0.29) is 11.7 Å². The molecule has 6 heteroatoms. The van der Waals surface area contributed by atoms with Gasteiger partial charge in [-0.3, -0.25) is 4.79 Å². The molecule has 0 spiro atoms. The largest absolute Gasteiger partial charge is 0.338 e. The van der Waals surface area contributed by atoms with Gasteiger partial charge >= 0.3 is 0 Å². The molecule has 1 aliphatic heterocycles. The Hall–Kier alpha value is -1.82. The summed E-state index contributed by atoms with van der Waals surface area (Å²) in [6.45, 7) is 3.42. The first-order valence-corrected chi connectivity index (χ1v) is 8.73. The van der Waals surface area contributed by atoms with E-state index in [9.17, 15) is 9.18 Å². The van der Waals surface area contributed by atoms with Crippen LogP contribution in [0.3, 0.4) is 0 Å². The number of aryl methyl sites for hydroxylation is 2. The SMILES string of the molecule is Cc1nnsc1C(=O)N1CCC[C@H](CCc2ccc(F)cc2)C1. The van der Waals surface area contributed by atoms with E-state index < -0.39 is 0 Å². The number of amides is 1. The summed E-state index contributed by atoms with van der Waals surface area (Å²) in [5.41, 5.74) is 1.87. The summed E-state index contributed by atoms with van der Waals surface area (Å²) in [7, 11) is 0. The lowest BCUT2D eigenvalue weighted by atomic mass is 9.91. The van der Waals surface area contributed by atoms with Crippen LogP contribution >= 0.6 is 11.5 Å². The van der Waals surface area contributed by atoms with Crippen LogP contribution in [0.4, 0.5) is 4.39 Å². The van der Waals surface area contributed by atoms with Gasteiger partial charge in [0.25, 0.3) is 5.91 Å². The third kappa shape index (κ3) is 3.93. The topological polar surface area (TPSA) is 46.1 Å². The molecule has 1 amide bonds. The zero-order valence-electron chi connectivity index (χ0n) is 13.2. The van der Waals surface area contributed by atoms with Crippen LogP contribution in [0.25, 0.3) is 0 Å². The molecule has 1 aromatic carbocycles. The highest BCUT2D eigenvalue weighted by Crippen LogP contribution is 2.24. The summed E-state index contributed by atoms with van der Waals surface area (Å²) in [4.78, 5) is 15.1. The van der Waals surface area contributed by atoms with Crippen molar-refractivity contribution >= 4 is 17.4 Å². The van der Waals surface area contributed by atoms with Crippen LogP contribution in [-0.4, -0.2) is 33.5 Å². The predicted octanol–water partition coefficient (Wildman–Crippen LogP) is 3.47. The number of likely N-dealkylation sites (tertiary alicyclic amines) is 1. The fraction of sp³-hybridized carbons (Fsp3) is 0.471. The van der Waals surface area contributed by atoms with Gasteiger partial charge in [-0.05, 0) is 67.8 Å². The summed E-state index contributed by atoms with van der Waals surface area (Å²) < 4.78 is 16.8. The molecule has 1 fully saturated rings.